The van der Waals surface area contributed by atoms with Gasteiger partial charge in [-0.15, -0.1) is 0 Å². The molecule has 2 aliphatic rings. The molecule has 2 atom stereocenters. The topological polar surface area (TPSA) is 52.8 Å². The van der Waals surface area contributed by atoms with Crippen molar-refractivity contribution in [1.82, 2.24) is 14.7 Å². The Kier molecular flexibility index (Phi) is 5.19. The molecule has 0 aromatic heterocycles. The molecule has 5 nitrogen and oxygen atoms in total. The highest BCUT2D eigenvalue weighted by atomic mass is 16.2. The van der Waals surface area contributed by atoms with Gasteiger partial charge in [-0.05, 0) is 38.4 Å². The van der Waals surface area contributed by atoms with E-state index in [0.717, 1.165) is 52.2 Å². The normalized spacial score (nSPS) is 30.6. The van der Waals surface area contributed by atoms with Crippen LogP contribution in [0.1, 0.15) is 13.3 Å². The zero-order valence-corrected chi connectivity index (χ0v) is 12.3. The first-order valence-corrected chi connectivity index (χ1v) is 7.49. The second-order valence-corrected chi connectivity index (χ2v) is 6.18. The number of hydrogen-bond acceptors (Lipinski definition) is 4. The third-order valence-corrected chi connectivity index (χ3v) is 4.68. The Labute approximate surface area is 116 Å². The van der Waals surface area contributed by atoms with Crippen LogP contribution in [0, 0.1) is 11.8 Å². The van der Waals surface area contributed by atoms with E-state index in [0.29, 0.717) is 24.3 Å². The van der Waals surface area contributed by atoms with Crippen LogP contribution < -0.4 is 5.73 Å². The van der Waals surface area contributed by atoms with E-state index in [1.807, 2.05) is 4.90 Å². The highest BCUT2D eigenvalue weighted by molar-refractivity contribution is 5.78. The van der Waals surface area contributed by atoms with Crippen molar-refractivity contribution < 1.29 is 4.79 Å². The molecule has 0 aromatic rings. The SMILES string of the molecule is CC1CN(CC(=O)N2CCN(C)CC2)CCC1CN. The standard InChI is InChI=1S/C14H28N4O/c1-12-10-17(4-3-13(12)9-15)11-14(19)18-7-5-16(2)6-8-18/h12-13H,3-11,15H2,1-2H3. The van der Waals surface area contributed by atoms with Crippen molar-refractivity contribution in [2.75, 3.05) is 59.4 Å². The molecule has 0 saturated carbocycles. The number of likely N-dealkylation sites (tertiary alicyclic amines) is 1. The number of likely N-dealkylation sites (N-methyl/N-ethyl adjacent to an activating group) is 1. The van der Waals surface area contributed by atoms with Gasteiger partial charge in [-0.25, -0.2) is 0 Å². The second kappa shape index (κ2) is 6.68. The van der Waals surface area contributed by atoms with Crippen LogP contribution in [0.4, 0.5) is 0 Å². The van der Waals surface area contributed by atoms with Gasteiger partial charge in [-0.2, -0.15) is 0 Å². The van der Waals surface area contributed by atoms with E-state index in [9.17, 15) is 4.79 Å². The van der Waals surface area contributed by atoms with Crippen molar-refractivity contribution in [2.45, 2.75) is 13.3 Å². The molecule has 0 bridgehead atoms. The Hall–Kier alpha value is -0.650. The molecule has 2 heterocycles. The molecule has 110 valence electrons. The summed E-state index contributed by atoms with van der Waals surface area (Å²) in [4.78, 5) is 18.9. The van der Waals surface area contributed by atoms with Gasteiger partial charge in [0.05, 0.1) is 6.54 Å². The molecule has 2 saturated heterocycles. The van der Waals surface area contributed by atoms with E-state index < -0.39 is 0 Å². The number of nitrogens with zero attached hydrogens (tertiary/aromatic N) is 3. The van der Waals surface area contributed by atoms with Crippen LogP contribution in [-0.2, 0) is 4.79 Å². The van der Waals surface area contributed by atoms with E-state index in [4.69, 9.17) is 5.73 Å². The maximum Gasteiger partial charge on any atom is 0.236 e. The zero-order valence-electron chi connectivity index (χ0n) is 12.3. The van der Waals surface area contributed by atoms with E-state index in [2.05, 4.69) is 23.8 Å². The van der Waals surface area contributed by atoms with Crippen molar-refractivity contribution in [3.8, 4) is 0 Å². The van der Waals surface area contributed by atoms with Crippen molar-refractivity contribution in [3.05, 3.63) is 0 Å². The van der Waals surface area contributed by atoms with E-state index >= 15 is 0 Å². The van der Waals surface area contributed by atoms with Crippen molar-refractivity contribution in [2.24, 2.45) is 17.6 Å². The van der Waals surface area contributed by atoms with E-state index in [1.54, 1.807) is 0 Å². The quantitative estimate of drug-likeness (QED) is 0.762. The fraction of sp³-hybridized carbons (Fsp3) is 0.929. The van der Waals surface area contributed by atoms with Gasteiger partial charge < -0.3 is 15.5 Å². The number of rotatable bonds is 3. The molecule has 2 rings (SSSR count). The monoisotopic (exact) mass is 268 g/mol. The van der Waals surface area contributed by atoms with Gasteiger partial charge in [-0.1, -0.05) is 6.92 Å². The van der Waals surface area contributed by atoms with Crippen molar-refractivity contribution in [3.63, 3.8) is 0 Å². The average Bonchev–Trinajstić information content (AvgIpc) is 2.39. The van der Waals surface area contributed by atoms with Crippen molar-refractivity contribution in [1.29, 1.82) is 0 Å². The summed E-state index contributed by atoms with van der Waals surface area (Å²) in [5, 5.41) is 0. The third kappa shape index (κ3) is 3.91. The maximum atomic E-state index is 12.3. The highest BCUT2D eigenvalue weighted by Crippen LogP contribution is 2.22. The summed E-state index contributed by atoms with van der Waals surface area (Å²) in [6.07, 6.45) is 1.13. The number of piperidine rings is 1. The summed E-state index contributed by atoms with van der Waals surface area (Å²) < 4.78 is 0. The summed E-state index contributed by atoms with van der Waals surface area (Å²) >= 11 is 0. The average molecular weight is 268 g/mol. The van der Waals surface area contributed by atoms with Gasteiger partial charge in [0, 0.05) is 32.7 Å². The van der Waals surface area contributed by atoms with Gasteiger partial charge in [0.25, 0.3) is 0 Å². The summed E-state index contributed by atoms with van der Waals surface area (Å²) in [6, 6.07) is 0. The first kappa shape index (κ1) is 14.8. The van der Waals surface area contributed by atoms with Crippen LogP contribution in [0.5, 0.6) is 0 Å². The molecule has 2 fully saturated rings. The smallest absolute Gasteiger partial charge is 0.236 e. The van der Waals surface area contributed by atoms with Crippen LogP contribution in [0.25, 0.3) is 0 Å². The second-order valence-electron chi connectivity index (χ2n) is 6.18. The Morgan fingerprint density at radius 2 is 1.89 bits per heavy atom. The summed E-state index contributed by atoms with van der Waals surface area (Å²) in [6.45, 7) is 9.41. The van der Waals surface area contributed by atoms with Crippen LogP contribution >= 0.6 is 0 Å². The lowest BCUT2D eigenvalue weighted by Gasteiger charge is -2.38. The molecular weight excluding hydrogens is 240 g/mol. The molecule has 5 heteroatoms. The predicted octanol–water partition coefficient (Wildman–Crippen LogP) is -0.323. The minimum Gasteiger partial charge on any atom is -0.339 e. The number of piperazine rings is 1. The van der Waals surface area contributed by atoms with Gasteiger partial charge in [0.2, 0.25) is 5.91 Å². The minimum atomic E-state index is 0.298. The maximum absolute atomic E-state index is 12.3. The lowest BCUT2D eigenvalue weighted by atomic mass is 9.87. The van der Waals surface area contributed by atoms with E-state index in [1.165, 1.54) is 0 Å². The van der Waals surface area contributed by atoms with E-state index in [-0.39, 0.29) is 0 Å². The summed E-state index contributed by atoms with van der Waals surface area (Å²) in [5.41, 5.74) is 5.77. The molecule has 0 radical (unpaired) electrons. The number of hydrogen-bond donors (Lipinski definition) is 1. The van der Waals surface area contributed by atoms with Crippen LogP contribution in [0.15, 0.2) is 0 Å². The Bertz CT molecular complexity index is 302. The largest absolute Gasteiger partial charge is 0.339 e. The molecule has 2 unspecified atom stereocenters. The molecule has 2 N–H and O–H groups in total. The lowest BCUT2D eigenvalue weighted by molar-refractivity contribution is -0.134. The predicted molar refractivity (Wildman–Crippen MR) is 76.8 cm³/mol. The minimum absolute atomic E-state index is 0.298. The Balaban J connectivity index is 1.77. The fourth-order valence-electron chi connectivity index (χ4n) is 3.12. The summed E-state index contributed by atoms with van der Waals surface area (Å²) in [5.74, 6) is 1.54. The van der Waals surface area contributed by atoms with Gasteiger partial charge in [0.15, 0.2) is 0 Å². The lowest BCUT2D eigenvalue weighted by Crippen LogP contribution is -2.51. The molecule has 0 aliphatic carbocycles. The number of nitrogens with two attached hydrogens (primary N) is 1. The Morgan fingerprint density at radius 3 is 2.47 bits per heavy atom. The summed E-state index contributed by atoms with van der Waals surface area (Å²) in [7, 11) is 2.11. The molecular formula is C14H28N4O. The van der Waals surface area contributed by atoms with Gasteiger partial charge in [-0.3, -0.25) is 9.69 Å². The molecule has 0 aromatic carbocycles. The fourth-order valence-corrected chi connectivity index (χ4v) is 3.12. The molecule has 0 spiro atoms. The first-order valence-electron chi connectivity index (χ1n) is 7.49. The van der Waals surface area contributed by atoms with Gasteiger partial charge >= 0.3 is 0 Å². The molecule has 1 amide bonds. The number of amides is 1. The third-order valence-electron chi connectivity index (χ3n) is 4.68. The van der Waals surface area contributed by atoms with Crippen LogP contribution in [0.3, 0.4) is 0 Å². The van der Waals surface area contributed by atoms with Crippen LogP contribution in [0.2, 0.25) is 0 Å². The highest BCUT2D eigenvalue weighted by Gasteiger charge is 2.27. The number of carbonyl (C=O) groups is 1. The number of carbonyl (C=O) groups excluding carboxylic acids is 1. The van der Waals surface area contributed by atoms with Crippen LogP contribution in [-0.4, -0.2) is 80.0 Å². The first-order chi connectivity index (χ1) is 9.10. The van der Waals surface area contributed by atoms with Gasteiger partial charge in [0.1, 0.15) is 0 Å². The molecule has 19 heavy (non-hydrogen) atoms. The van der Waals surface area contributed by atoms with Crippen molar-refractivity contribution >= 4 is 5.91 Å². The zero-order chi connectivity index (χ0) is 13.8. The Morgan fingerprint density at radius 1 is 1.21 bits per heavy atom. The molecule has 2 aliphatic heterocycles.